The molecule has 32 heavy (non-hydrogen) atoms. The average molecular weight is 420 g/mol. The van der Waals surface area contributed by atoms with Crippen LogP contribution >= 0.6 is 0 Å². The van der Waals surface area contributed by atoms with Crippen molar-refractivity contribution in [2.75, 3.05) is 5.73 Å². The monoisotopic (exact) mass is 419 g/mol. The first-order valence-electron chi connectivity index (χ1n) is 10.7. The number of imidazole rings is 1. The van der Waals surface area contributed by atoms with Crippen molar-refractivity contribution in [2.24, 2.45) is 0 Å². The number of nitrogens with two attached hydrogens (primary N) is 1. The van der Waals surface area contributed by atoms with Crippen molar-refractivity contribution < 1.29 is 0 Å². The summed E-state index contributed by atoms with van der Waals surface area (Å²) in [6.07, 6.45) is 6.24. The van der Waals surface area contributed by atoms with Gasteiger partial charge in [-0.15, -0.1) is 0 Å². The molecule has 0 unspecified atom stereocenters. The summed E-state index contributed by atoms with van der Waals surface area (Å²) >= 11 is 0. The maximum Gasteiger partial charge on any atom is 0.123 e. The Morgan fingerprint density at radius 3 is 2.47 bits per heavy atom. The van der Waals surface area contributed by atoms with Gasteiger partial charge in [0.25, 0.3) is 0 Å². The van der Waals surface area contributed by atoms with Crippen LogP contribution in [0.25, 0.3) is 22.2 Å². The molecule has 0 atom stereocenters. The lowest BCUT2D eigenvalue weighted by Crippen LogP contribution is -2.07. The number of nitrogens with zero attached hydrogens (tertiary/aromatic N) is 4. The summed E-state index contributed by atoms with van der Waals surface area (Å²) in [7, 11) is 0. The molecular formula is C27H25N5. The Morgan fingerprint density at radius 2 is 1.69 bits per heavy atom. The number of pyridine rings is 2. The predicted octanol–water partition coefficient (Wildman–Crippen LogP) is 5.33. The molecule has 5 nitrogen and oxygen atoms in total. The average Bonchev–Trinajstić information content (AvgIpc) is 3.13. The molecule has 2 aromatic carbocycles. The second-order valence-corrected chi connectivity index (χ2v) is 8.25. The number of benzene rings is 2. The van der Waals surface area contributed by atoms with Crippen molar-refractivity contribution in [1.29, 1.82) is 0 Å². The summed E-state index contributed by atoms with van der Waals surface area (Å²) in [6.45, 7) is 5.08. The summed E-state index contributed by atoms with van der Waals surface area (Å²) in [5.41, 5.74) is 15.1. The maximum atomic E-state index is 5.78. The van der Waals surface area contributed by atoms with Crippen LogP contribution in [0.4, 0.5) is 5.82 Å². The largest absolute Gasteiger partial charge is 0.384 e. The number of nitrogen functional groups attached to an aromatic ring is 1. The van der Waals surface area contributed by atoms with Gasteiger partial charge in [0, 0.05) is 37.1 Å². The van der Waals surface area contributed by atoms with Crippen molar-refractivity contribution in [3.8, 4) is 11.1 Å². The minimum atomic E-state index is 0.523. The van der Waals surface area contributed by atoms with Gasteiger partial charge in [0.1, 0.15) is 11.6 Å². The third-order valence-corrected chi connectivity index (χ3v) is 5.89. The Morgan fingerprint density at radius 1 is 0.875 bits per heavy atom. The number of anilines is 1. The standard InChI is InChI=1S/C27H25N5/c1-18-3-4-19(2)23(13-18)17-32-25-15-21(22-6-8-26(28)30-16-22)5-7-24(25)31-27(32)14-20-9-11-29-12-10-20/h3-13,15-16H,14,17H2,1-2H3,(H2,28,30). The van der Waals surface area contributed by atoms with E-state index < -0.39 is 0 Å². The molecule has 0 spiro atoms. The van der Waals surface area contributed by atoms with Crippen LogP contribution in [-0.2, 0) is 13.0 Å². The molecule has 5 rings (SSSR count). The van der Waals surface area contributed by atoms with Gasteiger partial charge in [-0.2, -0.15) is 0 Å². The fourth-order valence-corrected chi connectivity index (χ4v) is 4.06. The molecule has 0 aliphatic rings. The first kappa shape index (κ1) is 19.9. The number of hydrogen-bond acceptors (Lipinski definition) is 4. The van der Waals surface area contributed by atoms with Gasteiger partial charge >= 0.3 is 0 Å². The smallest absolute Gasteiger partial charge is 0.123 e. The first-order chi connectivity index (χ1) is 15.6. The van der Waals surface area contributed by atoms with Crippen LogP contribution in [0.2, 0.25) is 0 Å². The first-order valence-corrected chi connectivity index (χ1v) is 10.7. The SMILES string of the molecule is Cc1ccc(C)c(Cn2c(Cc3ccncc3)nc3ccc(-c4ccc(N)nc4)cc32)c1. The van der Waals surface area contributed by atoms with Crippen LogP contribution in [0, 0.1) is 13.8 Å². The normalized spacial score (nSPS) is 11.2. The van der Waals surface area contributed by atoms with E-state index in [4.69, 9.17) is 10.7 Å². The molecule has 3 aromatic heterocycles. The molecule has 0 aliphatic carbocycles. The van der Waals surface area contributed by atoms with Gasteiger partial charge < -0.3 is 10.3 Å². The van der Waals surface area contributed by atoms with E-state index in [1.165, 1.54) is 22.3 Å². The topological polar surface area (TPSA) is 69.6 Å². The molecule has 0 amide bonds. The van der Waals surface area contributed by atoms with Crippen LogP contribution in [0.15, 0.2) is 79.3 Å². The van der Waals surface area contributed by atoms with E-state index in [-0.39, 0.29) is 0 Å². The van der Waals surface area contributed by atoms with Gasteiger partial charge in [-0.05, 0) is 72.5 Å². The summed E-state index contributed by atoms with van der Waals surface area (Å²) < 4.78 is 2.34. The van der Waals surface area contributed by atoms with E-state index in [0.29, 0.717) is 5.82 Å². The van der Waals surface area contributed by atoms with E-state index in [0.717, 1.165) is 41.0 Å². The van der Waals surface area contributed by atoms with E-state index in [1.54, 1.807) is 0 Å². The molecular weight excluding hydrogens is 394 g/mol. The fraction of sp³-hybridized carbons (Fsp3) is 0.148. The van der Waals surface area contributed by atoms with E-state index >= 15 is 0 Å². The van der Waals surface area contributed by atoms with Crippen molar-refractivity contribution in [1.82, 2.24) is 19.5 Å². The molecule has 5 aromatic rings. The molecule has 3 heterocycles. The van der Waals surface area contributed by atoms with Gasteiger partial charge in [-0.3, -0.25) is 4.98 Å². The zero-order chi connectivity index (χ0) is 22.1. The van der Waals surface area contributed by atoms with Crippen LogP contribution in [0.5, 0.6) is 0 Å². The Hall–Kier alpha value is -3.99. The highest BCUT2D eigenvalue weighted by atomic mass is 15.1. The predicted molar refractivity (Wildman–Crippen MR) is 129 cm³/mol. The van der Waals surface area contributed by atoms with E-state index in [1.807, 2.05) is 42.9 Å². The minimum Gasteiger partial charge on any atom is -0.384 e. The highest BCUT2D eigenvalue weighted by molar-refractivity contribution is 5.83. The second-order valence-electron chi connectivity index (χ2n) is 8.25. The van der Waals surface area contributed by atoms with Crippen molar-refractivity contribution in [3.05, 3.63) is 107 Å². The fourth-order valence-electron chi connectivity index (χ4n) is 4.06. The Balaban J connectivity index is 1.65. The summed E-state index contributed by atoms with van der Waals surface area (Å²) in [5.74, 6) is 1.56. The van der Waals surface area contributed by atoms with Gasteiger partial charge in [0.05, 0.1) is 11.0 Å². The second kappa shape index (κ2) is 8.27. The van der Waals surface area contributed by atoms with E-state index in [9.17, 15) is 0 Å². The van der Waals surface area contributed by atoms with Crippen LogP contribution in [0.1, 0.15) is 28.1 Å². The lowest BCUT2D eigenvalue weighted by Gasteiger charge is -2.13. The van der Waals surface area contributed by atoms with Crippen LogP contribution in [-0.4, -0.2) is 19.5 Å². The number of hydrogen-bond donors (Lipinski definition) is 1. The summed E-state index contributed by atoms with van der Waals surface area (Å²) in [4.78, 5) is 13.4. The van der Waals surface area contributed by atoms with Gasteiger partial charge in [-0.25, -0.2) is 9.97 Å². The molecule has 0 radical (unpaired) electrons. The zero-order valence-corrected chi connectivity index (χ0v) is 18.3. The number of rotatable bonds is 5. The number of aromatic nitrogens is 4. The van der Waals surface area contributed by atoms with Gasteiger partial charge in [0.15, 0.2) is 0 Å². The molecule has 0 saturated heterocycles. The highest BCUT2D eigenvalue weighted by Crippen LogP contribution is 2.27. The lowest BCUT2D eigenvalue weighted by molar-refractivity contribution is 0.758. The Labute approximate surface area is 187 Å². The minimum absolute atomic E-state index is 0.523. The lowest BCUT2D eigenvalue weighted by atomic mass is 10.0. The molecule has 2 N–H and O–H groups in total. The third kappa shape index (κ3) is 3.97. The Kier molecular flexibility index (Phi) is 5.15. The molecule has 5 heteroatoms. The maximum absolute atomic E-state index is 5.78. The van der Waals surface area contributed by atoms with Crippen molar-refractivity contribution in [3.63, 3.8) is 0 Å². The molecule has 0 bridgehead atoms. The molecule has 158 valence electrons. The van der Waals surface area contributed by atoms with Crippen LogP contribution < -0.4 is 5.73 Å². The summed E-state index contributed by atoms with van der Waals surface area (Å²) in [6, 6.07) is 21.0. The zero-order valence-electron chi connectivity index (χ0n) is 18.3. The molecule has 0 fully saturated rings. The molecule has 0 aliphatic heterocycles. The number of aryl methyl sites for hydroxylation is 2. The van der Waals surface area contributed by atoms with Crippen molar-refractivity contribution in [2.45, 2.75) is 26.8 Å². The van der Waals surface area contributed by atoms with E-state index in [2.05, 4.69) is 64.8 Å². The third-order valence-electron chi connectivity index (χ3n) is 5.89. The van der Waals surface area contributed by atoms with Gasteiger partial charge in [0.2, 0.25) is 0 Å². The molecule has 0 saturated carbocycles. The number of fused-ring (bicyclic) bond motifs is 1. The van der Waals surface area contributed by atoms with Crippen LogP contribution in [0.3, 0.4) is 0 Å². The van der Waals surface area contributed by atoms with Crippen molar-refractivity contribution >= 4 is 16.9 Å². The van der Waals surface area contributed by atoms with Gasteiger partial charge in [-0.1, -0.05) is 29.8 Å². The quantitative estimate of drug-likeness (QED) is 0.418. The highest BCUT2D eigenvalue weighted by Gasteiger charge is 2.14. The summed E-state index contributed by atoms with van der Waals surface area (Å²) in [5, 5.41) is 0. The Bertz CT molecular complexity index is 1390.